The van der Waals surface area contributed by atoms with Crippen molar-refractivity contribution in [3.8, 4) is 5.69 Å². The van der Waals surface area contributed by atoms with Gasteiger partial charge in [0.2, 0.25) is 0 Å². The second kappa shape index (κ2) is 9.87. The highest BCUT2D eigenvalue weighted by Crippen LogP contribution is 2.42. The van der Waals surface area contributed by atoms with Gasteiger partial charge in [0.25, 0.3) is 5.56 Å². The van der Waals surface area contributed by atoms with Gasteiger partial charge in [0.1, 0.15) is 11.6 Å². The van der Waals surface area contributed by atoms with E-state index in [9.17, 15) is 9.90 Å². The fourth-order valence-electron chi connectivity index (χ4n) is 4.83. The van der Waals surface area contributed by atoms with Gasteiger partial charge >= 0.3 is 0 Å². The molecule has 0 bridgehead atoms. The molecule has 2 atom stereocenters. The second-order valence-corrected chi connectivity index (χ2v) is 9.32. The van der Waals surface area contributed by atoms with Crippen LogP contribution in [0.1, 0.15) is 31.2 Å². The zero-order valence-electron chi connectivity index (χ0n) is 18.2. The van der Waals surface area contributed by atoms with E-state index in [0.29, 0.717) is 39.5 Å². The number of nitrogens with two attached hydrogens (primary N) is 1. The molecule has 2 saturated heterocycles. The minimum Gasteiger partial charge on any atom is -0.396 e. The summed E-state index contributed by atoms with van der Waals surface area (Å²) in [6, 6.07) is 5.17. The van der Waals surface area contributed by atoms with Crippen LogP contribution in [-0.2, 0) is 11.2 Å². The molecule has 0 aliphatic carbocycles. The van der Waals surface area contributed by atoms with Crippen LogP contribution in [0.2, 0.25) is 10.0 Å². The van der Waals surface area contributed by atoms with E-state index >= 15 is 0 Å². The number of hydrogen-bond donors (Lipinski definition) is 2. The Kier molecular flexibility index (Phi) is 7.80. The second-order valence-electron chi connectivity index (χ2n) is 8.54. The Morgan fingerprint density at radius 1 is 1.31 bits per heavy atom. The number of aliphatic hydroxyl groups is 1. The molecule has 2 aliphatic heterocycles. The van der Waals surface area contributed by atoms with Crippen LogP contribution in [0.5, 0.6) is 0 Å². The minimum absolute atomic E-state index is 0. The average molecular weight is 504 g/mol. The van der Waals surface area contributed by atoms with E-state index in [1.807, 2.05) is 6.92 Å². The van der Waals surface area contributed by atoms with Gasteiger partial charge in [0.05, 0.1) is 34.0 Å². The van der Waals surface area contributed by atoms with Gasteiger partial charge in [-0.25, -0.2) is 4.98 Å². The van der Waals surface area contributed by atoms with Crippen molar-refractivity contribution < 1.29 is 9.84 Å². The van der Waals surface area contributed by atoms with Gasteiger partial charge in [0.15, 0.2) is 0 Å². The molecule has 4 rings (SSSR count). The van der Waals surface area contributed by atoms with Crippen LogP contribution in [0.15, 0.2) is 23.0 Å². The Labute approximate surface area is 203 Å². The van der Waals surface area contributed by atoms with E-state index in [2.05, 4.69) is 4.90 Å². The van der Waals surface area contributed by atoms with Crippen molar-refractivity contribution in [2.45, 2.75) is 45.3 Å². The van der Waals surface area contributed by atoms with Crippen LogP contribution < -0.4 is 16.2 Å². The van der Waals surface area contributed by atoms with E-state index in [0.717, 1.165) is 25.9 Å². The van der Waals surface area contributed by atoms with Crippen LogP contribution in [0, 0.1) is 12.3 Å². The first-order chi connectivity index (χ1) is 14.8. The third-order valence-electron chi connectivity index (χ3n) is 6.76. The number of benzene rings is 1. The van der Waals surface area contributed by atoms with Crippen LogP contribution in [0.4, 0.5) is 5.82 Å². The first kappa shape index (κ1) is 25.3. The first-order valence-corrected chi connectivity index (χ1v) is 11.3. The Balaban J connectivity index is 0.00000289. The predicted octanol–water partition coefficient (Wildman–Crippen LogP) is 3.14. The molecule has 176 valence electrons. The largest absolute Gasteiger partial charge is 0.396 e. The number of hydrogen-bond acceptors (Lipinski definition) is 6. The molecule has 0 amide bonds. The molecule has 0 unspecified atom stereocenters. The van der Waals surface area contributed by atoms with Gasteiger partial charge in [-0.1, -0.05) is 29.3 Å². The quantitative estimate of drug-likeness (QED) is 0.666. The van der Waals surface area contributed by atoms with Crippen LogP contribution in [0.25, 0.3) is 5.69 Å². The lowest BCUT2D eigenvalue weighted by molar-refractivity contribution is 0.0974. The van der Waals surface area contributed by atoms with Crippen molar-refractivity contribution in [1.29, 1.82) is 0 Å². The number of aliphatic hydroxyl groups excluding tert-OH is 1. The van der Waals surface area contributed by atoms with E-state index in [-0.39, 0.29) is 48.6 Å². The smallest absolute Gasteiger partial charge is 0.263 e. The maximum Gasteiger partial charge on any atom is 0.263 e. The van der Waals surface area contributed by atoms with Crippen molar-refractivity contribution in [3.05, 3.63) is 50.0 Å². The first-order valence-electron chi connectivity index (χ1n) is 10.6. The van der Waals surface area contributed by atoms with Gasteiger partial charge < -0.3 is 20.5 Å². The molecule has 0 saturated carbocycles. The van der Waals surface area contributed by atoms with Crippen molar-refractivity contribution >= 4 is 41.4 Å². The third-order valence-corrected chi connectivity index (χ3v) is 7.57. The molecular weight excluding hydrogens is 475 g/mol. The van der Waals surface area contributed by atoms with Gasteiger partial charge in [0, 0.05) is 37.6 Å². The fourth-order valence-corrected chi connectivity index (χ4v) is 5.21. The van der Waals surface area contributed by atoms with E-state index < -0.39 is 0 Å². The Hall–Kier alpha value is -1.35. The van der Waals surface area contributed by atoms with Crippen molar-refractivity contribution in [1.82, 2.24) is 9.55 Å². The number of aryl methyl sites for hydroxylation is 1. The molecule has 32 heavy (non-hydrogen) atoms. The maximum atomic E-state index is 13.5. The van der Waals surface area contributed by atoms with Crippen LogP contribution in [0.3, 0.4) is 0 Å². The normalized spacial score (nSPS) is 22.2. The number of aromatic nitrogens is 2. The van der Waals surface area contributed by atoms with Crippen molar-refractivity contribution in [3.63, 3.8) is 0 Å². The predicted molar refractivity (Wildman–Crippen MR) is 130 cm³/mol. The zero-order valence-corrected chi connectivity index (χ0v) is 20.5. The Morgan fingerprint density at radius 3 is 2.59 bits per heavy atom. The van der Waals surface area contributed by atoms with Crippen LogP contribution >= 0.6 is 35.6 Å². The number of nitrogens with zero attached hydrogens (tertiary/aromatic N) is 3. The molecule has 10 heteroatoms. The lowest BCUT2D eigenvalue weighted by Crippen LogP contribution is -2.51. The minimum atomic E-state index is -0.240. The highest BCUT2D eigenvalue weighted by atomic mass is 35.5. The van der Waals surface area contributed by atoms with E-state index in [4.69, 9.17) is 38.7 Å². The van der Waals surface area contributed by atoms with Gasteiger partial charge in [-0.05, 0) is 38.8 Å². The maximum absolute atomic E-state index is 13.5. The lowest BCUT2D eigenvalue weighted by atomic mass is 9.73. The monoisotopic (exact) mass is 502 g/mol. The van der Waals surface area contributed by atoms with Crippen LogP contribution in [-0.4, -0.2) is 53.1 Å². The van der Waals surface area contributed by atoms with E-state index in [1.165, 1.54) is 4.57 Å². The number of piperidine rings is 1. The average Bonchev–Trinajstić information content (AvgIpc) is 3.02. The molecule has 3 N–H and O–H groups in total. The van der Waals surface area contributed by atoms with Gasteiger partial charge in [-0.15, -0.1) is 12.4 Å². The SMILES string of the molecule is Cc1nc(N2CCC3(CC2)CO[C@@H](C)[C@H]3N)c(CCO)c(=O)n1-c1cccc(Cl)c1Cl.Cl. The topological polar surface area (TPSA) is 93.6 Å². The molecule has 1 aromatic heterocycles. The Morgan fingerprint density at radius 2 is 2.00 bits per heavy atom. The zero-order chi connectivity index (χ0) is 22.3. The standard InChI is InChI=1S/C22H28Cl2N4O3.ClH/c1-13-19(25)22(12-31-13)7-9-27(10-8-22)20-15(6-11-29)21(30)28(14(2)26-20)17-5-3-4-16(23)18(17)24;/h3-5,13,19,29H,6-12,25H2,1-2H3;1H/t13-,19+;/m0./s1. The molecule has 2 aliphatic rings. The molecule has 2 aromatic rings. The summed E-state index contributed by atoms with van der Waals surface area (Å²) in [6.45, 7) is 5.79. The van der Waals surface area contributed by atoms with Gasteiger partial charge in [-0.2, -0.15) is 0 Å². The third kappa shape index (κ3) is 4.27. The van der Waals surface area contributed by atoms with Crippen molar-refractivity contribution in [2.24, 2.45) is 11.1 Å². The van der Waals surface area contributed by atoms with E-state index in [1.54, 1.807) is 25.1 Å². The molecule has 3 heterocycles. The molecule has 1 spiro atoms. The summed E-state index contributed by atoms with van der Waals surface area (Å²) in [7, 11) is 0. The summed E-state index contributed by atoms with van der Waals surface area (Å²) in [5.74, 6) is 1.14. The summed E-state index contributed by atoms with van der Waals surface area (Å²) >= 11 is 12.5. The summed E-state index contributed by atoms with van der Waals surface area (Å²) in [6.07, 6.45) is 2.02. The molecule has 0 radical (unpaired) electrons. The molecule has 1 aromatic carbocycles. The number of ether oxygens (including phenoxy) is 1. The molecule has 7 nitrogen and oxygen atoms in total. The fraction of sp³-hybridized carbons (Fsp3) is 0.545. The number of anilines is 1. The van der Waals surface area contributed by atoms with Gasteiger partial charge in [-0.3, -0.25) is 9.36 Å². The summed E-state index contributed by atoms with van der Waals surface area (Å²) < 4.78 is 7.29. The summed E-state index contributed by atoms with van der Waals surface area (Å²) in [5, 5.41) is 10.3. The molecule has 2 fully saturated rings. The highest BCUT2D eigenvalue weighted by Gasteiger charge is 2.47. The summed E-state index contributed by atoms with van der Waals surface area (Å²) in [4.78, 5) is 20.4. The number of rotatable bonds is 4. The molecular formula is C22H29Cl3N4O3. The lowest BCUT2D eigenvalue weighted by Gasteiger charge is -2.42. The summed E-state index contributed by atoms with van der Waals surface area (Å²) in [5.41, 5.74) is 7.13. The highest BCUT2D eigenvalue weighted by molar-refractivity contribution is 6.43. The van der Waals surface area contributed by atoms with Crippen molar-refractivity contribution in [2.75, 3.05) is 31.2 Å². The number of halogens is 3. The Bertz CT molecular complexity index is 1040.